The maximum atomic E-state index is 12.8. The molecule has 90 valence electrons. The van der Waals surface area contributed by atoms with E-state index in [9.17, 15) is 13.2 Å². The van der Waals surface area contributed by atoms with Gasteiger partial charge >= 0.3 is 6.18 Å². The number of halogens is 4. The lowest BCUT2D eigenvalue weighted by Crippen LogP contribution is -2.12. The Morgan fingerprint density at radius 3 is 2.12 bits per heavy atom. The normalized spacial score (nSPS) is 12.9. The lowest BCUT2D eigenvalue weighted by atomic mass is 10.2. The molecule has 1 aromatic rings. The molecule has 0 unspecified atom stereocenters. The molecule has 0 saturated carbocycles. The van der Waals surface area contributed by atoms with Crippen molar-refractivity contribution in [1.29, 1.82) is 0 Å². The first-order chi connectivity index (χ1) is 7.09. The summed E-state index contributed by atoms with van der Waals surface area (Å²) in [4.78, 5) is 0.292. The van der Waals surface area contributed by atoms with Gasteiger partial charge in [0.05, 0.1) is 5.56 Å². The van der Waals surface area contributed by atoms with Gasteiger partial charge in [0.25, 0.3) is 0 Å². The van der Waals surface area contributed by atoms with Crippen molar-refractivity contribution in [3.05, 3.63) is 27.3 Å². The van der Waals surface area contributed by atoms with Gasteiger partial charge in [0.2, 0.25) is 0 Å². The van der Waals surface area contributed by atoms with E-state index < -0.39 is 11.7 Å². The Labute approximate surface area is 111 Å². The van der Waals surface area contributed by atoms with Gasteiger partial charge in [-0.2, -0.15) is 13.2 Å². The molecule has 0 bridgehead atoms. The zero-order valence-electron chi connectivity index (χ0n) is 9.15. The van der Waals surface area contributed by atoms with Crippen LogP contribution in [0.3, 0.4) is 0 Å². The van der Waals surface area contributed by atoms with Crippen molar-refractivity contribution < 1.29 is 13.2 Å². The fourth-order valence-electron chi connectivity index (χ4n) is 1.14. The molecule has 1 aromatic carbocycles. The summed E-state index contributed by atoms with van der Waals surface area (Å²) < 4.78 is 38.7. The van der Waals surface area contributed by atoms with E-state index in [0.717, 1.165) is 0 Å². The molecule has 0 amide bonds. The van der Waals surface area contributed by atoms with Gasteiger partial charge in [-0.25, -0.2) is 0 Å². The lowest BCUT2D eigenvalue weighted by Gasteiger charge is -2.21. The second-order valence-corrected chi connectivity index (χ2v) is 7.47. The molecule has 0 atom stereocenters. The summed E-state index contributed by atoms with van der Waals surface area (Å²) in [6.45, 7) is 5.70. The van der Waals surface area contributed by atoms with Crippen molar-refractivity contribution in [2.75, 3.05) is 0 Å². The Hall–Kier alpha value is 0.0900. The largest absolute Gasteiger partial charge is 0.417 e. The third-order valence-corrected chi connectivity index (χ3v) is 3.52. The summed E-state index contributed by atoms with van der Waals surface area (Å²) in [5.74, 6) is 0. The number of thioether (sulfide) groups is 1. The summed E-state index contributed by atoms with van der Waals surface area (Å²) in [5.41, 5.74) is -0.542. The lowest BCUT2D eigenvalue weighted by molar-refractivity contribution is -0.139. The molecular weight excluding hydrogens is 348 g/mol. The van der Waals surface area contributed by atoms with E-state index in [-0.39, 0.29) is 4.75 Å². The Bertz CT molecular complexity index is 380. The summed E-state index contributed by atoms with van der Waals surface area (Å²) in [6, 6.07) is 4.43. The number of hydrogen-bond donors (Lipinski definition) is 0. The van der Waals surface area contributed by atoms with Gasteiger partial charge in [0, 0.05) is 13.2 Å². The molecule has 0 aliphatic carbocycles. The number of hydrogen-bond acceptors (Lipinski definition) is 1. The predicted molar refractivity (Wildman–Crippen MR) is 69.8 cm³/mol. The molecule has 0 aromatic heterocycles. The van der Waals surface area contributed by atoms with Gasteiger partial charge < -0.3 is 0 Å². The highest BCUT2D eigenvalue weighted by molar-refractivity contribution is 14.1. The van der Waals surface area contributed by atoms with Crippen LogP contribution >= 0.6 is 34.4 Å². The minimum Gasteiger partial charge on any atom is -0.166 e. The van der Waals surface area contributed by atoms with Crippen LogP contribution in [0.25, 0.3) is 0 Å². The van der Waals surface area contributed by atoms with Crippen LogP contribution < -0.4 is 0 Å². The van der Waals surface area contributed by atoms with Crippen molar-refractivity contribution in [1.82, 2.24) is 0 Å². The van der Waals surface area contributed by atoms with Gasteiger partial charge in [-0.15, -0.1) is 11.8 Å². The third kappa shape index (κ3) is 4.16. The molecular formula is C11H12F3IS. The minimum atomic E-state index is -4.28. The summed E-state index contributed by atoms with van der Waals surface area (Å²) >= 11 is 3.13. The van der Waals surface area contributed by atoms with Crippen molar-refractivity contribution in [2.45, 2.75) is 36.6 Å². The van der Waals surface area contributed by atoms with Crippen LogP contribution in [0.4, 0.5) is 13.2 Å². The average Bonchev–Trinajstić information content (AvgIpc) is 2.04. The van der Waals surface area contributed by atoms with Crippen molar-refractivity contribution >= 4 is 34.4 Å². The molecule has 0 saturated heterocycles. The van der Waals surface area contributed by atoms with Crippen LogP contribution in [-0.4, -0.2) is 4.75 Å². The van der Waals surface area contributed by atoms with Crippen LogP contribution in [0.1, 0.15) is 26.3 Å². The molecule has 0 heterocycles. The highest BCUT2D eigenvalue weighted by atomic mass is 127. The molecule has 16 heavy (non-hydrogen) atoms. The van der Waals surface area contributed by atoms with E-state index in [2.05, 4.69) is 0 Å². The first-order valence-electron chi connectivity index (χ1n) is 4.65. The first kappa shape index (κ1) is 14.2. The Kier molecular flexibility index (Phi) is 4.21. The molecule has 0 aliphatic heterocycles. The molecule has 0 fully saturated rings. The number of benzene rings is 1. The summed E-state index contributed by atoms with van der Waals surface area (Å²) in [6.07, 6.45) is -4.28. The highest BCUT2D eigenvalue weighted by Gasteiger charge is 2.34. The highest BCUT2D eigenvalue weighted by Crippen LogP contribution is 2.41. The van der Waals surface area contributed by atoms with Gasteiger partial charge in [-0.3, -0.25) is 0 Å². The molecule has 5 heteroatoms. The number of rotatable bonds is 1. The Morgan fingerprint density at radius 1 is 1.12 bits per heavy atom. The van der Waals surface area contributed by atoms with E-state index in [1.807, 2.05) is 43.4 Å². The second-order valence-electron chi connectivity index (χ2n) is 4.35. The standard InChI is InChI=1S/C11H12F3IS/c1-10(2,3)16-9-5-4-7(15)6-8(9)11(12,13)14/h4-6H,1-3H3. The van der Waals surface area contributed by atoms with Crippen LogP contribution in [-0.2, 0) is 6.18 Å². The quantitative estimate of drug-likeness (QED) is 0.490. The van der Waals surface area contributed by atoms with Crippen molar-refractivity contribution in [3.63, 3.8) is 0 Å². The minimum absolute atomic E-state index is 0.229. The van der Waals surface area contributed by atoms with Crippen LogP contribution in [0.5, 0.6) is 0 Å². The maximum Gasteiger partial charge on any atom is 0.417 e. The van der Waals surface area contributed by atoms with Crippen LogP contribution in [0, 0.1) is 3.57 Å². The van der Waals surface area contributed by atoms with E-state index in [0.29, 0.717) is 8.47 Å². The number of alkyl halides is 3. The molecule has 0 nitrogen and oxygen atoms in total. The van der Waals surface area contributed by atoms with E-state index in [1.54, 1.807) is 12.1 Å². The third-order valence-electron chi connectivity index (χ3n) is 1.66. The molecule has 0 spiro atoms. The summed E-state index contributed by atoms with van der Waals surface area (Å²) in [5, 5.41) is 0. The SMILES string of the molecule is CC(C)(C)Sc1ccc(I)cc1C(F)(F)F. The maximum absolute atomic E-state index is 12.8. The fourth-order valence-corrected chi connectivity index (χ4v) is 2.71. The van der Waals surface area contributed by atoms with Gasteiger partial charge in [0.1, 0.15) is 0 Å². The second kappa shape index (κ2) is 4.76. The molecule has 0 radical (unpaired) electrons. The fraction of sp³-hybridized carbons (Fsp3) is 0.455. The Morgan fingerprint density at radius 2 is 1.69 bits per heavy atom. The summed E-state index contributed by atoms with van der Waals surface area (Å²) in [7, 11) is 0. The van der Waals surface area contributed by atoms with E-state index in [4.69, 9.17) is 0 Å². The Balaban J connectivity index is 3.19. The topological polar surface area (TPSA) is 0 Å². The van der Waals surface area contributed by atoms with Crippen molar-refractivity contribution in [3.8, 4) is 0 Å². The molecule has 1 rings (SSSR count). The van der Waals surface area contributed by atoms with Crippen LogP contribution in [0.15, 0.2) is 23.1 Å². The zero-order valence-corrected chi connectivity index (χ0v) is 12.1. The van der Waals surface area contributed by atoms with Gasteiger partial charge in [0.15, 0.2) is 0 Å². The predicted octanol–water partition coefficient (Wildman–Crippen LogP) is 5.20. The van der Waals surface area contributed by atoms with Crippen LogP contribution in [0.2, 0.25) is 0 Å². The van der Waals surface area contributed by atoms with E-state index >= 15 is 0 Å². The molecule has 0 N–H and O–H groups in total. The zero-order chi connectivity index (χ0) is 12.6. The smallest absolute Gasteiger partial charge is 0.166 e. The first-order valence-corrected chi connectivity index (χ1v) is 6.55. The van der Waals surface area contributed by atoms with Gasteiger partial charge in [-0.05, 0) is 40.8 Å². The van der Waals surface area contributed by atoms with Gasteiger partial charge in [-0.1, -0.05) is 20.8 Å². The van der Waals surface area contributed by atoms with Crippen molar-refractivity contribution in [2.24, 2.45) is 0 Å². The van der Waals surface area contributed by atoms with E-state index in [1.165, 1.54) is 17.8 Å². The monoisotopic (exact) mass is 360 g/mol. The molecule has 0 aliphatic rings. The average molecular weight is 360 g/mol.